The largest absolute Gasteiger partial charge is 0.497 e. The Hall–Kier alpha value is -3.49. The first-order valence-corrected chi connectivity index (χ1v) is 11.2. The van der Waals surface area contributed by atoms with Crippen LogP contribution in [0.2, 0.25) is 0 Å². The van der Waals surface area contributed by atoms with Gasteiger partial charge in [0.1, 0.15) is 18.1 Å². The lowest BCUT2D eigenvalue weighted by atomic mass is 10.0. The molecule has 0 aliphatic carbocycles. The molecular weight excluding hydrogens is 416 g/mol. The number of hydrogen-bond donors (Lipinski definition) is 0. The van der Waals surface area contributed by atoms with E-state index in [4.69, 9.17) is 9.15 Å². The van der Waals surface area contributed by atoms with Gasteiger partial charge in [-0.15, -0.1) is 5.10 Å². The van der Waals surface area contributed by atoms with E-state index >= 15 is 0 Å². The maximum atomic E-state index is 5.54. The van der Waals surface area contributed by atoms with E-state index in [9.17, 15) is 0 Å². The van der Waals surface area contributed by atoms with Gasteiger partial charge in [-0.2, -0.15) is 0 Å². The number of hydrogen-bond acceptors (Lipinski definition) is 7. The number of nitrogens with zero attached hydrogens (tertiary/aromatic N) is 6. The highest BCUT2D eigenvalue weighted by Gasteiger charge is 2.31. The van der Waals surface area contributed by atoms with Crippen molar-refractivity contribution in [2.75, 3.05) is 33.3 Å². The Bertz CT molecular complexity index is 1120. The van der Waals surface area contributed by atoms with Crippen LogP contribution in [0, 0.1) is 0 Å². The summed E-state index contributed by atoms with van der Waals surface area (Å²) in [7, 11) is 1.68. The van der Waals surface area contributed by atoms with Gasteiger partial charge in [0.25, 0.3) is 0 Å². The molecule has 0 unspecified atom stereocenters. The predicted octanol–water partition coefficient (Wildman–Crippen LogP) is 3.23. The lowest BCUT2D eigenvalue weighted by Crippen LogP contribution is -2.48. The molecule has 5 rings (SSSR count). The van der Waals surface area contributed by atoms with Crippen LogP contribution in [0.25, 0.3) is 0 Å². The average molecular weight is 445 g/mol. The monoisotopic (exact) mass is 444 g/mol. The minimum Gasteiger partial charge on any atom is -0.497 e. The maximum Gasteiger partial charge on any atom is 0.173 e. The second-order valence-electron chi connectivity index (χ2n) is 8.25. The van der Waals surface area contributed by atoms with Gasteiger partial charge in [0.15, 0.2) is 5.82 Å². The molecule has 0 bridgehead atoms. The van der Waals surface area contributed by atoms with Crippen molar-refractivity contribution >= 4 is 0 Å². The summed E-state index contributed by atoms with van der Waals surface area (Å²) >= 11 is 0. The van der Waals surface area contributed by atoms with E-state index in [1.807, 2.05) is 28.9 Å². The minimum atomic E-state index is -0.0558. The van der Waals surface area contributed by atoms with Crippen LogP contribution in [0.15, 0.2) is 77.4 Å². The van der Waals surface area contributed by atoms with Crippen molar-refractivity contribution in [3.63, 3.8) is 0 Å². The molecule has 0 spiro atoms. The molecule has 1 fully saturated rings. The summed E-state index contributed by atoms with van der Waals surface area (Å²) in [6.45, 7) is 5.30. The SMILES string of the molecule is COc1ccc([C@@H](c2nnnn2Cc2ccco2)N2CCN(Cc3ccccc3)CC2)cc1. The molecule has 0 radical (unpaired) electrons. The van der Waals surface area contributed by atoms with Crippen molar-refractivity contribution in [2.24, 2.45) is 0 Å². The second-order valence-corrected chi connectivity index (χ2v) is 8.25. The normalized spacial score (nSPS) is 16.0. The van der Waals surface area contributed by atoms with Crippen molar-refractivity contribution in [1.29, 1.82) is 0 Å². The van der Waals surface area contributed by atoms with Crippen molar-refractivity contribution in [3.8, 4) is 5.75 Å². The third-order valence-corrected chi connectivity index (χ3v) is 6.14. The number of piperazine rings is 1. The van der Waals surface area contributed by atoms with Crippen LogP contribution in [0.5, 0.6) is 5.75 Å². The van der Waals surface area contributed by atoms with E-state index in [1.165, 1.54) is 5.56 Å². The van der Waals surface area contributed by atoms with Gasteiger partial charge in [-0.1, -0.05) is 42.5 Å². The van der Waals surface area contributed by atoms with Crippen molar-refractivity contribution in [2.45, 2.75) is 19.1 Å². The maximum absolute atomic E-state index is 5.54. The summed E-state index contributed by atoms with van der Waals surface area (Å²) in [4.78, 5) is 4.97. The van der Waals surface area contributed by atoms with E-state index in [2.05, 4.69) is 67.8 Å². The van der Waals surface area contributed by atoms with E-state index in [-0.39, 0.29) is 6.04 Å². The molecule has 33 heavy (non-hydrogen) atoms. The predicted molar refractivity (Wildman–Crippen MR) is 124 cm³/mol. The van der Waals surface area contributed by atoms with Crippen molar-refractivity contribution in [1.82, 2.24) is 30.0 Å². The van der Waals surface area contributed by atoms with Crippen LogP contribution in [-0.2, 0) is 13.1 Å². The first kappa shape index (κ1) is 21.4. The molecule has 170 valence electrons. The fourth-order valence-electron chi connectivity index (χ4n) is 4.40. The van der Waals surface area contributed by atoms with Gasteiger partial charge in [-0.05, 0) is 45.8 Å². The minimum absolute atomic E-state index is 0.0558. The lowest BCUT2D eigenvalue weighted by molar-refractivity contribution is 0.100. The van der Waals surface area contributed by atoms with E-state index < -0.39 is 0 Å². The molecule has 4 aromatic rings. The average Bonchev–Trinajstić information content (AvgIpc) is 3.54. The molecule has 0 N–H and O–H groups in total. The first-order valence-electron chi connectivity index (χ1n) is 11.2. The van der Waals surface area contributed by atoms with Crippen LogP contribution >= 0.6 is 0 Å². The summed E-state index contributed by atoms with van der Waals surface area (Å²) < 4.78 is 12.7. The van der Waals surface area contributed by atoms with Crippen LogP contribution < -0.4 is 4.74 Å². The number of furan rings is 1. The Morgan fingerprint density at radius 2 is 1.70 bits per heavy atom. The fraction of sp³-hybridized carbons (Fsp3) is 0.320. The van der Waals surface area contributed by atoms with E-state index in [0.717, 1.165) is 55.6 Å². The number of methoxy groups -OCH3 is 1. The van der Waals surface area contributed by atoms with Crippen LogP contribution in [0.3, 0.4) is 0 Å². The number of tetrazole rings is 1. The standard InChI is InChI=1S/C25H28N6O2/c1-32-22-11-9-21(10-12-22)24(25-26-27-28-31(25)19-23-8-5-17-33-23)30-15-13-29(14-16-30)18-20-6-3-2-4-7-20/h2-12,17,24H,13-16,18-19H2,1H3/t24-/m0/s1. The number of aromatic nitrogens is 4. The highest BCUT2D eigenvalue weighted by Crippen LogP contribution is 2.30. The molecule has 0 saturated carbocycles. The molecule has 2 aromatic carbocycles. The molecule has 1 aliphatic heterocycles. The third kappa shape index (κ3) is 4.97. The highest BCUT2D eigenvalue weighted by molar-refractivity contribution is 5.32. The Kier molecular flexibility index (Phi) is 6.46. The van der Waals surface area contributed by atoms with Crippen LogP contribution in [0.4, 0.5) is 0 Å². The fourth-order valence-corrected chi connectivity index (χ4v) is 4.40. The first-order chi connectivity index (χ1) is 16.3. The van der Waals surface area contributed by atoms with E-state index in [0.29, 0.717) is 6.54 Å². The van der Waals surface area contributed by atoms with Crippen LogP contribution in [-0.4, -0.2) is 63.3 Å². The van der Waals surface area contributed by atoms with Gasteiger partial charge >= 0.3 is 0 Å². The Labute approximate surface area is 193 Å². The molecule has 1 aliphatic rings. The third-order valence-electron chi connectivity index (χ3n) is 6.14. The van der Waals surface area contributed by atoms with Gasteiger partial charge in [-0.25, -0.2) is 4.68 Å². The van der Waals surface area contributed by atoms with Gasteiger partial charge < -0.3 is 9.15 Å². The zero-order chi connectivity index (χ0) is 22.5. The zero-order valence-electron chi connectivity index (χ0n) is 18.7. The van der Waals surface area contributed by atoms with Crippen molar-refractivity contribution in [3.05, 3.63) is 95.7 Å². The van der Waals surface area contributed by atoms with Gasteiger partial charge in [0.2, 0.25) is 0 Å². The molecule has 8 heteroatoms. The molecule has 0 amide bonds. The molecule has 8 nitrogen and oxygen atoms in total. The molecule has 1 saturated heterocycles. The highest BCUT2D eigenvalue weighted by atomic mass is 16.5. The number of rotatable bonds is 8. The summed E-state index contributed by atoms with van der Waals surface area (Å²) in [5.74, 6) is 2.47. The summed E-state index contributed by atoms with van der Waals surface area (Å²) in [5, 5.41) is 12.7. The molecular formula is C25H28N6O2. The van der Waals surface area contributed by atoms with Gasteiger partial charge in [0.05, 0.1) is 19.4 Å². The Morgan fingerprint density at radius 1 is 0.909 bits per heavy atom. The smallest absolute Gasteiger partial charge is 0.173 e. The number of benzene rings is 2. The van der Waals surface area contributed by atoms with Crippen molar-refractivity contribution < 1.29 is 9.15 Å². The van der Waals surface area contributed by atoms with Crippen LogP contribution in [0.1, 0.15) is 28.8 Å². The Balaban J connectivity index is 1.38. The van der Waals surface area contributed by atoms with Gasteiger partial charge in [-0.3, -0.25) is 9.80 Å². The van der Waals surface area contributed by atoms with Gasteiger partial charge in [0, 0.05) is 32.7 Å². The number of ether oxygens (including phenoxy) is 1. The quantitative estimate of drug-likeness (QED) is 0.413. The molecule has 2 aromatic heterocycles. The summed E-state index contributed by atoms with van der Waals surface area (Å²) in [6, 6.07) is 22.6. The topological polar surface area (TPSA) is 72.4 Å². The second kappa shape index (κ2) is 9.97. The molecule has 1 atom stereocenters. The summed E-state index contributed by atoms with van der Waals surface area (Å²) in [6.07, 6.45) is 1.67. The zero-order valence-corrected chi connectivity index (χ0v) is 18.7. The molecule has 3 heterocycles. The Morgan fingerprint density at radius 3 is 2.39 bits per heavy atom. The van der Waals surface area contributed by atoms with E-state index in [1.54, 1.807) is 13.4 Å². The lowest BCUT2D eigenvalue weighted by Gasteiger charge is -2.39. The summed E-state index contributed by atoms with van der Waals surface area (Å²) in [5.41, 5.74) is 2.49.